The molecule has 32 heavy (non-hydrogen) atoms. The van der Waals surface area contributed by atoms with Crippen LogP contribution in [0.15, 0.2) is 83.9 Å². The Kier molecular flexibility index (Phi) is 5.35. The van der Waals surface area contributed by atoms with Crippen LogP contribution in [0, 0.1) is 0 Å². The maximum Gasteiger partial charge on any atom is 0.249 e. The molecule has 158 valence electrons. The molecule has 1 aromatic heterocycles. The summed E-state index contributed by atoms with van der Waals surface area (Å²) in [6.07, 6.45) is -0.0149. The molecule has 2 heterocycles. The van der Waals surface area contributed by atoms with E-state index in [-0.39, 0.29) is 24.2 Å². The van der Waals surface area contributed by atoms with Gasteiger partial charge in [-0.05, 0) is 35.4 Å². The van der Waals surface area contributed by atoms with Crippen LogP contribution in [0.4, 0.5) is 10.8 Å². The number of rotatable bonds is 4. The van der Waals surface area contributed by atoms with Crippen molar-refractivity contribution >= 4 is 50.1 Å². The molecule has 2 amide bonds. The number of carbonyl (C=O) groups excluding carboxylic acids is 2. The standard InChI is InChI=1S/C24H19N5O2S/c30-21-14-19(26-23(28-21)29-24-27-18-8-4-5-9-20(18)32-24)22(31)25-17-12-10-16(11-13-17)15-6-2-1-3-7-15/h1-13,19H,14H2,(H,25,31)(H2,26,27,28,29,30)/t19-/m0/s1. The van der Waals surface area contributed by atoms with Gasteiger partial charge in [-0.1, -0.05) is 65.9 Å². The largest absolute Gasteiger partial charge is 0.324 e. The number of para-hydroxylation sites is 1. The third-order valence-corrected chi connectivity index (χ3v) is 5.95. The van der Waals surface area contributed by atoms with E-state index in [0.29, 0.717) is 10.8 Å². The van der Waals surface area contributed by atoms with Crippen molar-refractivity contribution in [3.05, 3.63) is 78.9 Å². The van der Waals surface area contributed by atoms with Crippen molar-refractivity contribution in [2.45, 2.75) is 12.5 Å². The van der Waals surface area contributed by atoms with Crippen molar-refractivity contribution in [2.24, 2.45) is 4.99 Å². The fraction of sp³-hybridized carbons (Fsp3) is 0.0833. The average molecular weight is 442 g/mol. The minimum absolute atomic E-state index is 0.0149. The fourth-order valence-corrected chi connectivity index (χ4v) is 4.30. The monoisotopic (exact) mass is 441 g/mol. The molecule has 0 radical (unpaired) electrons. The molecule has 5 rings (SSSR count). The van der Waals surface area contributed by atoms with E-state index in [4.69, 9.17) is 0 Å². The van der Waals surface area contributed by atoms with Gasteiger partial charge in [0.15, 0.2) is 5.13 Å². The van der Waals surface area contributed by atoms with Gasteiger partial charge in [0, 0.05) is 5.69 Å². The number of anilines is 2. The van der Waals surface area contributed by atoms with Gasteiger partial charge >= 0.3 is 0 Å². The molecule has 0 aliphatic carbocycles. The Bertz CT molecular complexity index is 1280. The number of nitrogens with zero attached hydrogens (tertiary/aromatic N) is 2. The van der Waals surface area contributed by atoms with E-state index in [2.05, 4.69) is 25.9 Å². The minimum Gasteiger partial charge on any atom is -0.324 e. The van der Waals surface area contributed by atoms with Crippen molar-refractivity contribution < 1.29 is 9.59 Å². The predicted octanol–water partition coefficient (Wildman–Crippen LogP) is 4.26. The van der Waals surface area contributed by atoms with Gasteiger partial charge in [-0.25, -0.2) is 9.98 Å². The van der Waals surface area contributed by atoms with E-state index >= 15 is 0 Å². The summed E-state index contributed by atoms with van der Waals surface area (Å²) in [5.41, 5.74) is 3.66. The third-order valence-electron chi connectivity index (χ3n) is 5.00. The summed E-state index contributed by atoms with van der Waals surface area (Å²) in [4.78, 5) is 33.8. The first kappa shape index (κ1) is 19.9. The lowest BCUT2D eigenvalue weighted by Gasteiger charge is -2.20. The van der Waals surface area contributed by atoms with Crippen molar-refractivity contribution in [1.82, 2.24) is 10.3 Å². The second kappa shape index (κ2) is 8.60. The van der Waals surface area contributed by atoms with Crippen molar-refractivity contribution in [2.75, 3.05) is 10.6 Å². The minimum atomic E-state index is -0.825. The molecule has 0 saturated heterocycles. The highest BCUT2D eigenvalue weighted by Gasteiger charge is 2.27. The van der Waals surface area contributed by atoms with Crippen LogP contribution in [0.3, 0.4) is 0 Å². The van der Waals surface area contributed by atoms with Gasteiger partial charge in [0.25, 0.3) is 0 Å². The SMILES string of the molecule is O=C1C[C@@H](C(=O)Nc2ccc(-c3ccccc3)cc2)N=C(Nc2nc3ccccc3s2)N1. The zero-order chi connectivity index (χ0) is 21.9. The smallest absolute Gasteiger partial charge is 0.249 e. The highest BCUT2D eigenvalue weighted by molar-refractivity contribution is 7.22. The molecule has 1 atom stereocenters. The van der Waals surface area contributed by atoms with Crippen molar-refractivity contribution in [1.29, 1.82) is 0 Å². The van der Waals surface area contributed by atoms with Crippen LogP contribution in [0.25, 0.3) is 21.3 Å². The van der Waals surface area contributed by atoms with E-state index in [1.54, 1.807) is 0 Å². The number of amides is 2. The Morgan fingerprint density at radius 1 is 0.938 bits per heavy atom. The topological polar surface area (TPSA) is 95.5 Å². The second-order valence-corrected chi connectivity index (χ2v) is 8.32. The first-order valence-electron chi connectivity index (χ1n) is 10.1. The summed E-state index contributed by atoms with van der Waals surface area (Å²) >= 11 is 1.45. The van der Waals surface area contributed by atoms with Gasteiger partial charge in [0.05, 0.1) is 16.6 Å². The van der Waals surface area contributed by atoms with Crippen LogP contribution >= 0.6 is 11.3 Å². The van der Waals surface area contributed by atoms with Gasteiger partial charge in [0.1, 0.15) is 6.04 Å². The van der Waals surface area contributed by atoms with Crippen LogP contribution in [0.5, 0.6) is 0 Å². The molecule has 0 bridgehead atoms. The highest BCUT2D eigenvalue weighted by atomic mass is 32.1. The lowest BCUT2D eigenvalue weighted by atomic mass is 10.1. The molecule has 3 N–H and O–H groups in total. The normalized spacial score (nSPS) is 15.7. The summed E-state index contributed by atoms with van der Waals surface area (Å²) in [5.74, 6) is -0.390. The Morgan fingerprint density at radius 3 is 2.44 bits per heavy atom. The van der Waals surface area contributed by atoms with Gasteiger partial charge in [-0.15, -0.1) is 0 Å². The summed E-state index contributed by atoms with van der Waals surface area (Å²) in [5, 5.41) is 9.14. The van der Waals surface area contributed by atoms with Crippen molar-refractivity contribution in [3.63, 3.8) is 0 Å². The molecule has 0 spiro atoms. The van der Waals surface area contributed by atoms with Crippen molar-refractivity contribution in [3.8, 4) is 11.1 Å². The van der Waals surface area contributed by atoms with Gasteiger partial charge in [-0.2, -0.15) is 0 Å². The number of fused-ring (bicyclic) bond motifs is 1. The van der Waals surface area contributed by atoms with E-state index in [1.807, 2.05) is 78.9 Å². The number of guanidine groups is 1. The zero-order valence-electron chi connectivity index (χ0n) is 16.9. The van der Waals surface area contributed by atoms with E-state index < -0.39 is 6.04 Å². The van der Waals surface area contributed by atoms with Crippen LogP contribution in [0.2, 0.25) is 0 Å². The zero-order valence-corrected chi connectivity index (χ0v) is 17.7. The Hall–Kier alpha value is -4.04. The number of benzene rings is 3. The number of nitrogens with one attached hydrogen (secondary N) is 3. The molecule has 8 heteroatoms. The Morgan fingerprint density at radius 2 is 1.66 bits per heavy atom. The first-order chi connectivity index (χ1) is 15.6. The van der Waals surface area contributed by atoms with Crippen LogP contribution in [-0.2, 0) is 9.59 Å². The molecular weight excluding hydrogens is 422 g/mol. The molecule has 0 fully saturated rings. The fourth-order valence-electron chi connectivity index (χ4n) is 3.44. The van der Waals surface area contributed by atoms with Gasteiger partial charge in [0.2, 0.25) is 17.8 Å². The average Bonchev–Trinajstić information content (AvgIpc) is 3.22. The summed E-state index contributed by atoms with van der Waals surface area (Å²) in [6, 6.07) is 24.5. The van der Waals surface area contributed by atoms with E-state index in [1.165, 1.54) is 11.3 Å². The van der Waals surface area contributed by atoms with Crippen LogP contribution < -0.4 is 16.0 Å². The van der Waals surface area contributed by atoms with E-state index in [9.17, 15) is 9.59 Å². The number of hydrogen-bond donors (Lipinski definition) is 3. The van der Waals surface area contributed by atoms with Crippen LogP contribution in [-0.4, -0.2) is 28.8 Å². The molecule has 0 saturated carbocycles. The second-order valence-electron chi connectivity index (χ2n) is 7.29. The number of hydrogen-bond acceptors (Lipinski definition) is 6. The quantitative estimate of drug-likeness (QED) is 0.441. The molecule has 4 aromatic rings. The molecular formula is C24H19N5O2S. The Balaban J connectivity index is 1.28. The Labute approximate surface area is 188 Å². The molecule has 1 aliphatic heterocycles. The summed E-state index contributed by atoms with van der Waals surface area (Å²) in [6.45, 7) is 0. The molecule has 7 nitrogen and oxygen atoms in total. The number of carbonyl (C=O) groups is 2. The maximum atomic E-state index is 12.8. The van der Waals surface area contributed by atoms with E-state index in [0.717, 1.165) is 21.3 Å². The number of thiazole rings is 1. The number of aliphatic imine (C=N–C) groups is 1. The number of aromatic nitrogens is 1. The lowest BCUT2D eigenvalue weighted by molar-refractivity contribution is -0.124. The first-order valence-corrected chi connectivity index (χ1v) is 10.9. The molecule has 3 aromatic carbocycles. The summed E-state index contributed by atoms with van der Waals surface area (Å²) < 4.78 is 1.02. The van der Waals surface area contributed by atoms with Gasteiger partial charge in [-0.3, -0.25) is 14.9 Å². The maximum absolute atomic E-state index is 12.8. The highest BCUT2D eigenvalue weighted by Crippen LogP contribution is 2.26. The van der Waals surface area contributed by atoms with Gasteiger partial charge < -0.3 is 10.6 Å². The molecule has 1 aliphatic rings. The third kappa shape index (κ3) is 4.35. The summed E-state index contributed by atoms with van der Waals surface area (Å²) in [7, 11) is 0. The molecule has 0 unspecified atom stereocenters. The van der Waals surface area contributed by atoms with Crippen LogP contribution in [0.1, 0.15) is 6.42 Å². The lowest BCUT2D eigenvalue weighted by Crippen LogP contribution is -2.45. The predicted molar refractivity (Wildman–Crippen MR) is 128 cm³/mol.